The number of carboxylic acids is 1. The molecule has 0 aliphatic heterocycles. The van der Waals surface area contributed by atoms with E-state index in [1.807, 2.05) is 6.92 Å². The van der Waals surface area contributed by atoms with Crippen LogP contribution in [0.15, 0.2) is 18.5 Å². The molecule has 21 heavy (non-hydrogen) atoms. The average Bonchev–Trinajstić information content (AvgIpc) is 2.78. The van der Waals surface area contributed by atoms with Gasteiger partial charge in [0.15, 0.2) is 0 Å². The molecule has 0 unspecified atom stereocenters. The van der Waals surface area contributed by atoms with E-state index < -0.39 is 16.6 Å². The molecule has 2 aromatic rings. The molecule has 2 N–H and O–H groups in total. The first kappa shape index (κ1) is 14.4. The minimum atomic E-state index is -1.27. The van der Waals surface area contributed by atoms with Crippen LogP contribution in [0.3, 0.4) is 0 Å². The van der Waals surface area contributed by atoms with Crippen molar-refractivity contribution >= 4 is 23.2 Å². The van der Waals surface area contributed by atoms with Crippen LogP contribution in [-0.4, -0.2) is 30.8 Å². The normalized spacial score (nSPS) is 10.4. The maximum atomic E-state index is 11.1. The van der Waals surface area contributed by atoms with Crippen molar-refractivity contribution in [2.24, 2.45) is 7.05 Å². The summed E-state index contributed by atoms with van der Waals surface area (Å²) in [5.41, 5.74) is 0.685. The molecule has 0 amide bonds. The third kappa shape index (κ3) is 2.96. The highest BCUT2D eigenvalue weighted by Gasteiger charge is 2.20. The van der Waals surface area contributed by atoms with Crippen molar-refractivity contribution in [2.75, 3.05) is 5.32 Å². The number of aromatic carboxylic acids is 1. The minimum absolute atomic E-state index is 0.0206. The molecule has 2 heterocycles. The maximum Gasteiger partial charge on any atom is 0.337 e. The van der Waals surface area contributed by atoms with Crippen molar-refractivity contribution in [2.45, 2.75) is 13.3 Å². The monoisotopic (exact) mass is 291 g/mol. The number of carboxylic acid groups (broad SMARTS) is 1. The van der Waals surface area contributed by atoms with Crippen LogP contribution >= 0.6 is 0 Å². The number of nitrogens with one attached hydrogen (secondary N) is 1. The predicted molar refractivity (Wildman–Crippen MR) is 73.7 cm³/mol. The van der Waals surface area contributed by atoms with Gasteiger partial charge in [-0.05, 0) is 6.42 Å². The molecule has 0 spiro atoms. The zero-order valence-electron chi connectivity index (χ0n) is 11.4. The third-order valence-corrected chi connectivity index (χ3v) is 2.80. The molecule has 110 valence electrons. The number of rotatable bonds is 5. The quantitative estimate of drug-likeness (QED) is 0.635. The highest BCUT2D eigenvalue weighted by Crippen LogP contribution is 2.27. The zero-order valence-corrected chi connectivity index (χ0v) is 11.4. The average molecular weight is 291 g/mol. The molecular weight excluding hydrogens is 278 g/mol. The van der Waals surface area contributed by atoms with Crippen LogP contribution in [0, 0.1) is 10.1 Å². The number of hydrogen-bond donors (Lipinski definition) is 2. The van der Waals surface area contributed by atoms with E-state index in [1.165, 1.54) is 0 Å². The molecule has 0 atom stereocenters. The first-order chi connectivity index (χ1) is 9.92. The second kappa shape index (κ2) is 5.57. The van der Waals surface area contributed by atoms with E-state index in [0.717, 1.165) is 18.0 Å². The highest BCUT2D eigenvalue weighted by molar-refractivity contribution is 5.89. The predicted octanol–water partition coefficient (Wildman–Crippen LogP) is 1.73. The molecule has 0 aliphatic carbocycles. The van der Waals surface area contributed by atoms with Crippen molar-refractivity contribution in [3.8, 4) is 0 Å². The number of anilines is 2. The Morgan fingerprint density at radius 1 is 1.57 bits per heavy atom. The van der Waals surface area contributed by atoms with Gasteiger partial charge in [0.2, 0.25) is 5.82 Å². The molecule has 0 bridgehead atoms. The van der Waals surface area contributed by atoms with E-state index in [1.54, 1.807) is 17.9 Å². The van der Waals surface area contributed by atoms with Crippen LogP contribution in [0.4, 0.5) is 17.2 Å². The van der Waals surface area contributed by atoms with E-state index in [4.69, 9.17) is 5.11 Å². The van der Waals surface area contributed by atoms with Crippen molar-refractivity contribution in [3.05, 3.63) is 39.8 Å². The molecule has 0 saturated heterocycles. The number of nitrogens with zero attached hydrogens (tertiary/aromatic N) is 4. The van der Waals surface area contributed by atoms with Crippen LogP contribution in [0.25, 0.3) is 0 Å². The molecule has 2 rings (SSSR count). The van der Waals surface area contributed by atoms with Gasteiger partial charge in [0.05, 0.1) is 21.9 Å². The Hall–Kier alpha value is -2.97. The van der Waals surface area contributed by atoms with Gasteiger partial charge in [0.1, 0.15) is 0 Å². The number of hydrogen-bond acceptors (Lipinski definition) is 6. The van der Waals surface area contributed by atoms with Gasteiger partial charge in [0.25, 0.3) is 0 Å². The van der Waals surface area contributed by atoms with E-state index in [9.17, 15) is 14.9 Å². The Kier molecular flexibility index (Phi) is 3.83. The van der Waals surface area contributed by atoms with Crippen LogP contribution in [-0.2, 0) is 13.5 Å². The molecule has 0 aliphatic rings. The summed E-state index contributed by atoms with van der Waals surface area (Å²) in [5.74, 6) is -1.29. The second-order valence-corrected chi connectivity index (χ2v) is 4.30. The Morgan fingerprint density at radius 2 is 2.29 bits per heavy atom. The molecule has 0 fully saturated rings. The summed E-state index contributed by atoms with van der Waals surface area (Å²) in [6.45, 7) is 1.91. The van der Waals surface area contributed by atoms with Gasteiger partial charge in [-0.25, -0.2) is 9.78 Å². The van der Waals surface area contributed by atoms with Gasteiger partial charge in [-0.3, -0.25) is 14.8 Å². The van der Waals surface area contributed by atoms with Crippen molar-refractivity contribution in [1.29, 1.82) is 0 Å². The lowest BCUT2D eigenvalue weighted by atomic mass is 10.2. The summed E-state index contributed by atoms with van der Waals surface area (Å²) in [4.78, 5) is 25.1. The summed E-state index contributed by atoms with van der Waals surface area (Å²) in [5, 5.41) is 27.0. The Labute approximate surface area is 119 Å². The van der Waals surface area contributed by atoms with Gasteiger partial charge in [-0.1, -0.05) is 6.92 Å². The van der Waals surface area contributed by atoms with Crippen LogP contribution < -0.4 is 5.32 Å². The Balaban J connectivity index is 2.43. The Bertz CT molecular complexity index is 710. The number of pyridine rings is 1. The lowest BCUT2D eigenvalue weighted by molar-refractivity contribution is -0.384. The van der Waals surface area contributed by atoms with E-state index in [0.29, 0.717) is 12.1 Å². The molecule has 9 heteroatoms. The van der Waals surface area contributed by atoms with Gasteiger partial charge >= 0.3 is 11.7 Å². The standard InChI is InChI=1S/C12H13N5O4/c1-3-8-9(6-16(2)15-8)14-11-10(17(20)21)4-7(5-13-11)12(18)19/h4-6H,3H2,1-2H3,(H,13,14)(H,18,19). The lowest BCUT2D eigenvalue weighted by Crippen LogP contribution is -2.04. The van der Waals surface area contributed by atoms with Crippen LogP contribution in [0.2, 0.25) is 0 Å². The molecule has 0 saturated carbocycles. The zero-order chi connectivity index (χ0) is 15.6. The topological polar surface area (TPSA) is 123 Å². The van der Waals surface area contributed by atoms with E-state index in [-0.39, 0.29) is 11.4 Å². The van der Waals surface area contributed by atoms with Gasteiger partial charge in [-0.15, -0.1) is 0 Å². The number of aryl methyl sites for hydroxylation is 2. The molecule has 9 nitrogen and oxygen atoms in total. The first-order valence-electron chi connectivity index (χ1n) is 6.09. The van der Waals surface area contributed by atoms with Crippen molar-refractivity contribution in [3.63, 3.8) is 0 Å². The van der Waals surface area contributed by atoms with Crippen molar-refractivity contribution in [1.82, 2.24) is 14.8 Å². The van der Waals surface area contributed by atoms with Crippen LogP contribution in [0.1, 0.15) is 23.0 Å². The second-order valence-electron chi connectivity index (χ2n) is 4.30. The first-order valence-corrected chi connectivity index (χ1v) is 6.09. The van der Waals surface area contributed by atoms with Gasteiger partial charge in [0, 0.05) is 25.5 Å². The smallest absolute Gasteiger partial charge is 0.337 e. The molecule has 0 aromatic carbocycles. The van der Waals surface area contributed by atoms with Gasteiger partial charge < -0.3 is 10.4 Å². The lowest BCUT2D eigenvalue weighted by Gasteiger charge is -2.06. The summed E-state index contributed by atoms with van der Waals surface area (Å²) in [6, 6.07) is 0.972. The molecule has 0 radical (unpaired) electrons. The van der Waals surface area contributed by atoms with Crippen LogP contribution in [0.5, 0.6) is 0 Å². The molecule has 2 aromatic heterocycles. The largest absolute Gasteiger partial charge is 0.478 e. The summed E-state index contributed by atoms with van der Waals surface area (Å²) in [7, 11) is 1.74. The number of aromatic nitrogens is 3. The van der Waals surface area contributed by atoms with E-state index >= 15 is 0 Å². The number of nitro groups is 1. The fourth-order valence-corrected chi connectivity index (χ4v) is 1.83. The van der Waals surface area contributed by atoms with Crippen molar-refractivity contribution < 1.29 is 14.8 Å². The minimum Gasteiger partial charge on any atom is -0.478 e. The molecular formula is C12H13N5O4. The number of carbonyl (C=O) groups is 1. The summed E-state index contributed by atoms with van der Waals surface area (Å²) >= 11 is 0. The fourth-order valence-electron chi connectivity index (χ4n) is 1.83. The van der Waals surface area contributed by atoms with Gasteiger partial charge in [-0.2, -0.15) is 5.10 Å². The third-order valence-electron chi connectivity index (χ3n) is 2.80. The summed E-state index contributed by atoms with van der Waals surface area (Å²) in [6.07, 6.45) is 3.39. The maximum absolute atomic E-state index is 11.1. The fraction of sp³-hybridized carbons (Fsp3) is 0.250. The van der Waals surface area contributed by atoms with E-state index in [2.05, 4.69) is 15.4 Å². The summed E-state index contributed by atoms with van der Waals surface area (Å²) < 4.78 is 1.58. The highest BCUT2D eigenvalue weighted by atomic mass is 16.6. The Morgan fingerprint density at radius 3 is 2.86 bits per heavy atom. The SMILES string of the molecule is CCc1nn(C)cc1Nc1ncc(C(=O)O)cc1[N+](=O)[O-].